The third kappa shape index (κ3) is 5.10. The molecule has 1 aromatic heterocycles. The van der Waals surface area contributed by atoms with Gasteiger partial charge in [-0.2, -0.15) is 0 Å². The Bertz CT molecular complexity index is 4070. The van der Waals surface area contributed by atoms with Gasteiger partial charge in [0.15, 0.2) is 0 Å². The van der Waals surface area contributed by atoms with E-state index in [1.165, 1.54) is 66.3 Å². The van der Waals surface area contributed by atoms with Gasteiger partial charge in [-0.3, -0.25) is 0 Å². The molecule has 4 heteroatoms. The molecule has 0 amide bonds. The van der Waals surface area contributed by atoms with Crippen LogP contribution in [-0.2, 0) is 10.8 Å². The summed E-state index contributed by atoms with van der Waals surface area (Å²) in [7, 11) is 0. The first-order valence-electron chi connectivity index (χ1n) is 25.1. The van der Waals surface area contributed by atoms with E-state index < -0.39 is 10.8 Å². The van der Waals surface area contributed by atoms with Gasteiger partial charge in [-0.05, 0) is 118 Å². The van der Waals surface area contributed by atoms with E-state index in [1.54, 1.807) is 0 Å². The van der Waals surface area contributed by atoms with Crippen LogP contribution in [0.5, 0.6) is 23.0 Å². The number of nitrogens with zero attached hydrogens (tertiary/aromatic N) is 2. The summed E-state index contributed by atoms with van der Waals surface area (Å²) in [5, 5.41) is 2.42. The van der Waals surface area contributed by atoms with Crippen LogP contribution in [0, 0.1) is 5.92 Å². The number of para-hydroxylation sites is 6. The van der Waals surface area contributed by atoms with Gasteiger partial charge in [0.05, 0.1) is 21.9 Å². The topological polar surface area (TPSA) is 26.6 Å². The smallest absolute Gasteiger partial charge is 0.132 e. The van der Waals surface area contributed by atoms with Gasteiger partial charge in [0, 0.05) is 67.6 Å². The molecule has 2 atom stereocenters. The molecule has 0 fully saturated rings. The molecule has 0 radical (unpaired) electrons. The largest absolute Gasteiger partial charge is 0.457 e. The predicted molar refractivity (Wildman–Crippen MR) is 290 cm³/mol. The summed E-state index contributed by atoms with van der Waals surface area (Å²) >= 11 is 0. The van der Waals surface area contributed by atoms with Gasteiger partial charge in [-0.25, -0.2) is 0 Å². The molecule has 11 aromatic rings. The highest BCUT2D eigenvalue weighted by Crippen LogP contribution is 2.66. The first-order chi connectivity index (χ1) is 35.7. The third-order valence-corrected chi connectivity index (χ3v) is 16.6. The van der Waals surface area contributed by atoms with Crippen molar-refractivity contribution in [1.82, 2.24) is 4.57 Å². The Balaban J connectivity index is 0.958. The van der Waals surface area contributed by atoms with Gasteiger partial charge in [0.1, 0.15) is 23.0 Å². The summed E-state index contributed by atoms with van der Waals surface area (Å²) in [6.45, 7) is 0. The predicted octanol–water partition coefficient (Wildman–Crippen LogP) is 17.0. The molecule has 3 aliphatic carbocycles. The second kappa shape index (κ2) is 14.7. The molecule has 2 aliphatic heterocycles. The quantitative estimate of drug-likeness (QED) is 0.176. The molecular formula is C68H44N2O2. The minimum Gasteiger partial charge on any atom is -0.457 e. The van der Waals surface area contributed by atoms with Gasteiger partial charge in [0.25, 0.3) is 0 Å². The van der Waals surface area contributed by atoms with E-state index >= 15 is 0 Å². The fraction of sp³-hybridized carbons (Fsp3) is 0.0588. The molecule has 72 heavy (non-hydrogen) atoms. The van der Waals surface area contributed by atoms with E-state index in [0.717, 1.165) is 56.9 Å². The van der Waals surface area contributed by atoms with Gasteiger partial charge in [-0.1, -0.05) is 170 Å². The van der Waals surface area contributed by atoms with Crippen LogP contribution in [0.2, 0.25) is 0 Å². The summed E-state index contributed by atoms with van der Waals surface area (Å²) < 4.78 is 15.8. The highest BCUT2D eigenvalue weighted by molar-refractivity contribution is 6.11. The van der Waals surface area contributed by atoms with Gasteiger partial charge < -0.3 is 18.9 Å². The highest BCUT2D eigenvalue weighted by atomic mass is 16.5. The standard InChI is InChI=1S/C68H44N2O2/c1-2-18-43(19-3-1)70-61-29-13-6-22-49(61)52-42-46(36-39-62(52)70)69(44-34-37-55-50(40-44)47-20-4-7-23-53(47)67(55)57-25-9-14-30-63(57)71-64-31-15-10-26-58(64)67)45-35-38-56-51(41-45)48-21-5-8-24-54(48)68(56)59-27-11-16-32-65(59)72-66-33-17-12-28-60(66)68/h1-42,47,53H. The zero-order valence-corrected chi connectivity index (χ0v) is 39.1. The van der Waals surface area contributed by atoms with E-state index in [1.807, 2.05) is 0 Å². The Morgan fingerprint density at radius 3 is 1.61 bits per heavy atom. The highest BCUT2D eigenvalue weighted by Gasteiger charge is 2.57. The van der Waals surface area contributed by atoms with E-state index in [-0.39, 0.29) is 11.8 Å². The molecule has 0 saturated carbocycles. The number of ether oxygens (including phenoxy) is 2. The monoisotopic (exact) mass is 920 g/mol. The minimum absolute atomic E-state index is 0.137. The Morgan fingerprint density at radius 1 is 0.375 bits per heavy atom. The molecule has 2 unspecified atom stereocenters. The zero-order chi connectivity index (χ0) is 47.1. The summed E-state index contributed by atoms with van der Waals surface area (Å²) in [6.07, 6.45) is 9.35. The van der Waals surface area contributed by atoms with Crippen molar-refractivity contribution in [3.8, 4) is 39.8 Å². The molecule has 10 aromatic carbocycles. The normalized spacial score (nSPS) is 17.2. The van der Waals surface area contributed by atoms with Crippen molar-refractivity contribution in [2.75, 3.05) is 4.90 Å². The third-order valence-electron chi connectivity index (χ3n) is 16.6. The van der Waals surface area contributed by atoms with Crippen LogP contribution >= 0.6 is 0 Å². The number of benzene rings is 10. The lowest BCUT2D eigenvalue weighted by Crippen LogP contribution is -2.37. The van der Waals surface area contributed by atoms with E-state index in [0.29, 0.717) is 0 Å². The lowest BCUT2D eigenvalue weighted by Gasteiger charge is -2.43. The first kappa shape index (κ1) is 39.7. The Kier molecular flexibility index (Phi) is 8.11. The molecule has 338 valence electrons. The first-order valence-corrected chi connectivity index (χ1v) is 25.1. The van der Waals surface area contributed by atoms with Crippen LogP contribution in [0.15, 0.2) is 255 Å². The molecule has 5 aliphatic rings. The SMILES string of the molecule is C1=CC2c3cc(N(c4ccc5c(c4)-c4ccccc4C54c5ccccc5Oc5ccccc54)c4ccc5c(c4)c4ccccc4n5-c4ccccc4)ccc3C3(c4ccccc4Oc4ccccc43)C2C=C1. The van der Waals surface area contributed by atoms with Gasteiger partial charge in [-0.15, -0.1) is 0 Å². The molecular weight excluding hydrogens is 877 g/mol. The number of anilines is 3. The number of aromatic nitrogens is 1. The lowest BCUT2D eigenvalue weighted by molar-refractivity contribution is 0.374. The maximum Gasteiger partial charge on any atom is 0.132 e. The van der Waals surface area contributed by atoms with Crippen LogP contribution in [0.1, 0.15) is 50.4 Å². The van der Waals surface area contributed by atoms with Gasteiger partial charge >= 0.3 is 0 Å². The summed E-state index contributed by atoms with van der Waals surface area (Å²) in [6, 6.07) is 84.7. The van der Waals surface area contributed by atoms with E-state index in [2.05, 4.69) is 264 Å². The summed E-state index contributed by atoms with van der Waals surface area (Å²) in [4.78, 5) is 2.50. The van der Waals surface area contributed by atoms with Crippen LogP contribution < -0.4 is 14.4 Å². The fourth-order valence-electron chi connectivity index (χ4n) is 13.9. The molecule has 2 spiro atoms. The van der Waals surface area contributed by atoms with Crippen molar-refractivity contribution in [3.63, 3.8) is 0 Å². The number of fused-ring (bicyclic) bond motifs is 21. The van der Waals surface area contributed by atoms with E-state index in [9.17, 15) is 0 Å². The van der Waals surface area contributed by atoms with Crippen molar-refractivity contribution >= 4 is 38.9 Å². The molecule has 0 saturated heterocycles. The number of hydrogen-bond acceptors (Lipinski definition) is 3. The van der Waals surface area contributed by atoms with Crippen molar-refractivity contribution in [2.45, 2.75) is 16.7 Å². The van der Waals surface area contributed by atoms with Crippen LogP contribution in [0.25, 0.3) is 38.6 Å². The maximum absolute atomic E-state index is 6.72. The molecule has 3 heterocycles. The van der Waals surface area contributed by atoms with Crippen LogP contribution in [-0.4, -0.2) is 4.57 Å². The average Bonchev–Trinajstić information content (AvgIpc) is 4.04. The molecule has 0 N–H and O–H groups in total. The number of hydrogen-bond donors (Lipinski definition) is 0. The van der Waals surface area contributed by atoms with Crippen molar-refractivity contribution in [1.29, 1.82) is 0 Å². The lowest BCUT2D eigenvalue weighted by atomic mass is 9.62. The minimum atomic E-state index is -0.563. The second-order valence-corrected chi connectivity index (χ2v) is 19.8. The molecule has 16 rings (SSSR count). The number of rotatable bonds is 4. The molecule has 0 bridgehead atoms. The van der Waals surface area contributed by atoms with Crippen LogP contribution in [0.4, 0.5) is 17.1 Å². The molecule has 4 nitrogen and oxygen atoms in total. The zero-order valence-electron chi connectivity index (χ0n) is 39.1. The van der Waals surface area contributed by atoms with E-state index in [4.69, 9.17) is 9.47 Å². The van der Waals surface area contributed by atoms with Crippen molar-refractivity contribution in [2.24, 2.45) is 5.92 Å². The fourth-order valence-corrected chi connectivity index (χ4v) is 13.9. The van der Waals surface area contributed by atoms with Gasteiger partial charge in [0.2, 0.25) is 0 Å². The van der Waals surface area contributed by atoms with Crippen molar-refractivity contribution in [3.05, 3.63) is 299 Å². The summed E-state index contributed by atoms with van der Waals surface area (Å²) in [5.41, 5.74) is 18.1. The van der Waals surface area contributed by atoms with Crippen molar-refractivity contribution < 1.29 is 9.47 Å². The Morgan fingerprint density at radius 2 is 0.889 bits per heavy atom. The second-order valence-electron chi connectivity index (χ2n) is 19.8. The number of allylic oxidation sites excluding steroid dienone is 4. The van der Waals surface area contributed by atoms with Crippen LogP contribution in [0.3, 0.4) is 0 Å². The summed E-state index contributed by atoms with van der Waals surface area (Å²) in [5.74, 6) is 3.91. The maximum atomic E-state index is 6.72. The Labute approximate surface area is 417 Å². The average molecular weight is 921 g/mol. The Hall–Kier alpha value is -9.12.